The SMILES string of the molecule is CCC(C)c1cccc(OO)c1C. The number of benzene rings is 1. The second-order valence-corrected chi connectivity index (χ2v) is 3.37. The van der Waals surface area contributed by atoms with Crippen molar-refractivity contribution in [3.63, 3.8) is 0 Å². The van der Waals surface area contributed by atoms with Gasteiger partial charge in [0.05, 0.1) is 0 Å². The fourth-order valence-corrected chi connectivity index (χ4v) is 1.48. The molecule has 72 valence electrons. The van der Waals surface area contributed by atoms with Crippen LogP contribution in [0.15, 0.2) is 18.2 Å². The van der Waals surface area contributed by atoms with Gasteiger partial charge in [0.2, 0.25) is 0 Å². The molecule has 0 fully saturated rings. The Morgan fingerprint density at radius 1 is 1.46 bits per heavy atom. The Labute approximate surface area is 79.1 Å². The zero-order valence-corrected chi connectivity index (χ0v) is 8.37. The Morgan fingerprint density at radius 3 is 2.69 bits per heavy atom. The molecule has 0 aliphatic heterocycles. The van der Waals surface area contributed by atoms with E-state index >= 15 is 0 Å². The van der Waals surface area contributed by atoms with Crippen LogP contribution in [-0.4, -0.2) is 5.26 Å². The minimum absolute atomic E-state index is 0.509. The van der Waals surface area contributed by atoms with Gasteiger partial charge in [-0.05, 0) is 36.5 Å². The molecule has 2 nitrogen and oxygen atoms in total. The van der Waals surface area contributed by atoms with E-state index in [0.717, 1.165) is 12.0 Å². The highest BCUT2D eigenvalue weighted by atomic mass is 17.1. The Morgan fingerprint density at radius 2 is 2.15 bits per heavy atom. The molecule has 0 spiro atoms. The van der Waals surface area contributed by atoms with E-state index in [1.54, 1.807) is 6.07 Å². The van der Waals surface area contributed by atoms with Gasteiger partial charge in [-0.25, -0.2) is 5.26 Å². The highest BCUT2D eigenvalue weighted by Crippen LogP contribution is 2.28. The second-order valence-electron chi connectivity index (χ2n) is 3.37. The molecule has 0 radical (unpaired) electrons. The zero-order valence-electron chi connectivity index (χ0n) is 8.37. The van der Waals surface area contributed by atoms with E-state index in [4.69, 9.17) is 5.26 Å². The highest BCUT2D eigenvalue weighted by Gasteiger charge is 2.09. The van der Waals surface area contributed by atoms with Crippen molar-refractivity contribution in [2.75, 3.05) is 0 Å². The third kappa shape index (κ3) is 2.01. The first-order chi connectivity index (χ1) is 6.20. The molecule has 1 atom stereocenters. The van der Waals surface area contributed by atoms with Crippen molar-refractivity contribution >= 4 is 0 Å². The summed E-state index contributed by atoms with van der Waals surface area (Å²) in [6.45, 7) is 6.28. The van der Waals surface area contributed by atoms with Crippen LogP contribution in [0.3, 0.4) is 0 Å². The Hall–Kier alpha value is -1.02. The van der Waals surface area contributed by atoms with Gasteiger partial charge in [0.15, 0.2) is 5.75 Å². The number of rotatable bonds is 3. The predicted octanol–water partition coefficient (Wildman–Crippen LogP) is 3.36. The van der Waals surface area contributed by atoms with E-state index in [1.165, 1.54) is 5.56 Å². The Balaban J connectivity index is 3.08. The van der Waals surface area contributed by atoms with Crippen molar-refractivity contribution in [3.8, 4) is 5.75 Å². The van der Waals surface area contributed by atoms with Gasteiger partial charge in [0.25, 0.3) is 0 Å². The van der Waals surface area contributed by atoms with E-state index in [2.05, 4.69) is 24.8 Å². The molecule has 0 amide bonds. The van der Waals surface area contributed by atoms with Crippen molar-refractivity contribution in [2.45, 2.75) is 33.1 Å². The quantitative estimate of drug-likeness (QED) is 0.571. The number of hydrogen-bond donors (Lipinski definition) is 1. The van der Waals surface area contributed by atoms with Gasteiger partial charge in [-0.15, -0.1) is 0 Å². The highest BCUT2D eigenvalue weighted by molar-refractivity contribution is 5.40. The lowest BCUT2D eigenvalue weighted by Gasteiger charge is -2.13. The predicted molar refractivity (Wildman–Crippen MR) is 53.1 cm³/mol. The summed E-state index contributed by atoms with van der Waals surface area (Å²) in [7, 11) is 0. The summed E-state index contributed by atoms with van der Waals surface area (Å²) in [4.78, 5) is 4.28. The molecule has 0 heterocycles. The van der Waals surface area contributed by atoms with Crippen molar-refractivity contribution in [3.05, 3.63) is 29.3 Å². The fraction of sp³-hybridized carbons (Fsp3) is 0.455. The maximum Gasteiger partial charge on any atom is 0.168 e. The van der Waals surface area contributed by atoms with Crippen LogP contribution >= 0.6 is 0 Å². The molecule has 1 rings (SSSR count). The van der Waals surface area contributed by atoms with Crippen LogP contribution < -0.4 is 4.89 Å². The first-order valence-electron chi connectivity index (χ1n) is 4.61. The molecule has 0 saturated carbocycles. The minimum atomic E-state index is 0.509. The fourth-order valence-electron chi connectivity index (χ4n) is 1.48. The van der Waals surface area contributed by atoms with Crippen LogP contribution in [0.4, 0.5) is 0 Å². The van der Waals surface area contributed by atoms with Crippen LogP contribution in [0.5, 0.6) is 5.75 Å². The molecule has 1 N–H and O–H groups in total. The van der Waals surface area contributed by atoms with E-state index in [-0.39, 0.29) is 0 Å². The standard InChI is InChI=1S/C11H16O2/c1-4-8(2)10-6-5-7-11(13-12)9(10)3/h5-8,12H,4H2,1-3H3. The normalized spacial score (nSPS) is 12.6. The van der Waals surface area contributed by atoms with Crippen molar-refractivity contribution < 1.29 is 10.1 Å². The second kappa shape index (κ2) is 4.28. The van der Waals surface area contributed by atoms with Gasteiger partial charge >= 0.3 is 0 Å². The summed E-state index contributed by atoms with van der Waals surface area (Å²) >= 11 is 0. The zero-order chi connectivity index (χ0) is 9.84. The van der Waals surface area contributed by atoms with E-state index in [1.807, 2.05) is 13.0 Å². The van der Waals surface area contributed by atoms with Crippen molar-refractivity contribution in [2.24, 2.45) is 0 Å². The average Bonchev–Trinajstić information content (AvgIpc) is 2.17. The van der Waals surface area contributed by atoms with E-state index < -0.39 is 0 Å². The summed E-state index contributed by atoms with van der Waals surface area (Å²) in [6.07, 6.45) is 1.09. The molecule has 0 aliphatic rings. The molecule has 1 aromatic carbocycles. The molecule has 0 saturated heterocycles. The summed E-state index contributed by atoms with van der Waals surface area (Å²) in [6, 6.07) is 5.74. The van der Waals surface area contributed by atoms with Gasteiger partial charge in [-0.2, -0.15) is 0 Å². The Kier molecular flexibility index (Phi) is 3.32. The molecular formula is C11H16O2. The van der Waals surface area contributed by atoms with Crippen molar-refractivity contribution in [1.29, 1.82) is 0 Å². The first kappa shape index (κ1) is 10.1. The third-order valence-electron chi connectivity index (χ3n) is 2.57. The van der Waals surface area contributed by atoms with Gasteiger partial charge in [0.1, 0.15) is 0 Å². The van der Waals surface area contributed by atoms with Gasteiger partial charge in [-0.3, -0.25) is 0 Å². The first-order valence-corrected chi connectivity index (χ1v) is 4.61. The summed E-state index contributed by atoms with van der Waals surface area (Å²) < 4.78 is 0. The molecule has 1 unspecified atom stereocenters. The lowest BCUT2D eigenvalue weighted by molar-refractivity contribution is -0.138. The molecule has 1 aromatic rings. The third-order valence-corrected chi connectivity index (χ3v) is 2.57. The largest absolute Gasteiger partial charge is 0.340 e. The summed E-state index contributed by atoms with van der Waals surface area (Å²) in [5.74, 6) is 1.06. The molecule has 0 bridgehead atoms. The molecule has 13 heavy (non-hydrogen) atoms. The maximum atomic E-state index is 8.60. The smallest absolute Gasteiger partial charge is 0.168 e. The number of hydrogen-bond acceptors (Lipinski definition) is 2. The molecule has 0 aromatic heterocycles. The molecule has 0 aliphatic carbocycles. The topological polar surface area (TPSA) is 29.5 Å². The molecule has 2 heteroatoms. The van der Waals surface area contributed by atoms with Crippen LogP contribution in [0.2, 0.25) is 0 Å². The monoisotopic (exact) mass is 180 g/mol. The summed E-state index contributed by atoms with van der Waals surface area (Å²) in [5, 5.41) is 8.60. The van der Waals surface area contributed by atoms with Gasteiger partial charge in [-0.1, -0.05) is 26.0 Å². The lowest BCUT2D eigenvalue weighted by atomic mass is 9.94. The van der Waals surface area contributed by atoms with Gasteiger partial charge in [0, 0.05) is 0 Å². The average molecular weight is 180 g/mol. The van der Waals surface area contributed by atoms with E-state index in [0.29, 0.717) is 11.7 Å². The minimum Gasteiger partial charge on any atom is -0.340 e. The maximum absolute atomic E-state index is 8.60. The van der Waals surface area contributed by atoms with Crippen LogP contribution in [-0.2, 0) is 0 Å². The molecular weight excluding hydrogens is 164 g/mol. The van der Waals surface area contributed by atoms with E-state index in [9.17, 15) is 0 Å². The summed E-state index contributed by atoms with van der Waals surface area (Å²) in [5.41, 5.74) is 2.27. The lowest BCUT2D eigenvalue weighted by Crippen LogP contribution is -1.97. The Bertz CT molecular complexity index is 281. The van der Waals surface area contributed by atoms with Crippen LogP contribution in [0, 0.1) is 6.92 Å². The van der Waals surface area contributed by atoms with Gasteiger partial charge < -0.3 is 4.89 Å². The van der Waals surface area contributed by atoms with Crippen molar-refractivity contribution in [1.82, 2.24) is 0 Å². The van der Waals surface area contributed by atoms with Crippen LogP contribution in [0.25, 0.3) is 0 Å². The van der Waals surface area contributed by atoms with Crippen LogP contribution in [0.1, 0.15) is 37.3 Å².